The minimum absolute atomic E-state index is 0.803. The van der Waals surface area contributed by atoms with E-state index in [0.29, 0.717) is 0 Å². The second kappa shape index (κ2) is 5.35. The molecule has 0 atom stereocenters. The summed E-state index contributed by atoms with van der Waals surface area (Å²) in [6.45, 7) is 6.70. The second-order valence-corrected chi connectivity index (χ2v) is 5.26. The van der Waals surface area contributed by atoms with Gasteiger partial charge in [0.25, 0.3) is 0 Å². The molecule has 0 unspecified atom stereocenters. The molecule has 0 amide bonds. The SMILES string of the molecule is CNc1nc(CCCC(C)C)c(C)s1. The summed E-state index contributed by atoms with van der Waals surface area (Å²) >= 11 is 1.75. The fourth-order valence-corrected chi connectivity index (χ4v) is 2.26. The number of hydrogen-bond donors (Lipinski definition) is 1. The molecule has 1 aromatic rings. The molecule has 1 heterocycles. The molecular weight excluding hydrogens is 192 g/mol. The summed E-state index contributed by atoms with van der Waals surface area (Å²) in [5.41, 5.74) is 1.28. The van der Waals surface area contributed by atoms with Crippen LogP contribution < -0.4 is 5.32 Å². The molecule has 80 valence electrons. The summed E-state index contributed by atoms with van der Waals surface area (Å²) in [6, 6.07) is 0. The van der Waals surface area contributed by atoms with Gasteiger partial charge in [-0.25, -0.2) is 4.98 Å². The van der Waals surface area contributed by atoms with Crippen molar-refractivity contribution >= 4 is 16.5 Å². The number of thiazole rings is 1. The van der Waals surface area contributed by atoms with Gasteiger partial charge in [-0.2, -0.15) is 0 Å². The summed E-state index contributed by atoms with van der Waals surface area (Å²) in [5.74, 6) is 0.803. The Hall–Kier alpha value is -0.570. The molecule has 0 fully saturated rings. The molecule has 0 radical (unpaired) electrons. The van der Waals surface area contributed by atoms with Crippen molar-refractivity contribution in [1.82, 2.24) is 4.98 Å². The Morgan fingerprint density at radius 3 is 2.64 bits per heavy atom. The summed E-state index contributed by atoms with van der Waals surface area (Å²) < 4.78 is 0. The number of rotatable bonds is 5. The van der Waals surface area contributed by atoms with Crippen LogP contribution >= 0.6 is 11.3 Å². The molecule has 2 nitrogen and oxygen atoms in total. The third-order valence-corrected chi connectivity index (χ3v) is 3.33. The largest absolute Gasteiger partial charge is 0.365 e. The van der Waals surface area contributed by atoms with Crippen LogP contribution in [0.2, 0.25) is 0 Å². The first-order valence-corrected chi connectivity index (χ1v) is 6.09. The Morgan fingerprint density at radius 2 is 2.14 bits per heavy atom. The zero-order valence-corrected chi connectivity index (χ0v) is 10.4. The normalized spacial score (nSPS) is 10.9. The van der Waals surface area contributed by atoms with Crippen LogP contribution in [0.25, 0.3) is 0 Å². The molecule has 1 aromatic heterocycles. The summed E-state index contributed by atoms with van der Waals surface area (Å²) in [6.07, 6.45) is 3.68. The van der Waals surface area contributed by atoms with Crippen molar-refractivity contribution in [3.05, 3.63) is 10.6 Å². The number of nitrogens with one attached hydrogen (secondary N) is 1. The quantitative estimate of drug-likeness (QED) is 0.808. The van der Waals surface area contributed by atoms with E-state index in [0.717, 1.165) is 17.5 Å². The number of nitrogens with zero attached hydrogens (tertiary/aromatic N) is 1. The van der Waals surface area contributed by atoms with Crippen molar-refractivity contribution in [1.29, 1.82) is 0 Å². The molecule has 0 aliphatic carbocycles. The lowest BCUT2D eigenvalue weighted by molar-refractivity contribution is 0.553. The number of anilines is 1. The van der Waals surface area contributed by atoms with Crippen molar-refractivity contribution in [2.45, 2.75) is 40.0 Å². The first kappa shape index (κ1) is 11.5. The second-order valence-electron chi connectivity index (χ2n) is 4.06. The lowest BCUT2D eigenvalue weighted by atomic mass is 10.1. The number of aromatic nitrogens is 1. The van der Waals surface area contributed by atoms with E-state index in [1.165, 1.54) is 23.4 Å². The van der Waals surface area contributed by atoms with Crippen LogP contribution in [-0.4, -0.2) is 12.0 Å². The van der Waals surface area contributed by atoms with E-state index < -0.39 is 0 Å². The summed E-state index contributed by atoms with van der Waals surface area (Å²) in [5, 5.41) is 4.14. The van der Waals surface area contributed by atoms with Crippen molar-refractivity contribution in [3.63, 3.8) is 0 Å². The van der Waals surface area contributed by atoms with E-state index in [1.54, 1.807) is 11.3 Å². The van der Waals surface area contributed by atoms with Gasteiger partial charge in [0, 0.05) is 11.9 Å². The van der Waals surface area contributed by atoms with E-state index in [2.05, 4.69) is 31.1 Å². The Balaban J connectivity index is 2.45. The third kappa shape index (κ3) is 3.29. The first-order valence-electron chi connectivity index (χ1n) is 5.27. The van der Waals surface area contributed by atoms with E-state index in [9.17, 15) is 0 Å². The molecule has 0 bridgehead atoms. The molecule has 0 spiro atoms. The molecular formula is C11H20N2S. The molecule has 0 aliphatic heterocycles. The van der Waals surface area contributed by atoms with E-state index in [-0.39, 0.29) is 0 Å². The lowest BCUT2D eigenvalue weighted by Crippen LogP contribution is -1.93. The Labute approximate surface area is 90.8 Å². The topological polar surface area (TPSA) is 24.9 Å². The molecule has 14 heavy (non-hydrogen) atoms. The average Bonchev–Trinajstić information content (AvgIpc) is 2.47. The monoisotopic (exact) mass is 212 g/mol. The van der Waals surface area contributed by atoms with Gasteiger partial charge in [-0.05, 0) is 25.7 Å². The van der Waals surface area contributed by atoms with Gasteiger partial charge >= 0.3 is 0 Å². The van der Waals surface area contributed by atoms with Crippen LogP contribution in [0.3, 0.4) is 0 Å². The molecule has 0 aromatic carbocycles. The summed E-state index contributed by atoms with van der Waals surface area (Å²) in [7, 11) is 1.93. The fraction of sp³-hybridized carbons (Fsp3) is 0.727. The Bertz CT molecular complexity index is 279. The zero-order valence-electron chi connectivity index (χ0n) is 9.55. The Kier molecular flexibility index (Phi) is 4.39. The van der Waals surface area contributed by atoms with E-state index in [4.69, 9.17) is 0 Å². The van der Waals surface area contributed by atoms with Gasteiger partial charge in [-0.15, -0.1) is 11.3 Å². The zero-order chi connectivity index (χ0) is 10.6. The van der Waals surface area contributed by atoms with Crippen LogP contribution in [0.15, 0.2) is 0 Å². The molecule has 0 saturated heterocycles. The van der Waals surface area contributed by atoms with Gasteiger partial charge < -0.3 is 5.32 Å². The highest BCUT2D eigenvalue weighted by Crippen LogP contribution is 2.23. The maximum Gasteiger partial charge on any atom is 0.182 e. The van der Waals surface area contributed by atoms with Crippen LogP contribution in [0.5, 0.6) is 0 Å². The molecule has 0 saturated carbocycles. The predicted octanol–water partition coefficient (Wildman–Crippen LogP) is 3.47. The minimum atomic E-state index is 0.803. The van der Waals surface area contributed by atoms with E-state index in [1.807, 2.05) is 7.05 Å². The number of hydrogen-bond acceptors (Lipinski definition) is 3. The average molecular weight is 212 g/mol. The molecule has 3 heteroatoms. The lowest BCUT2D eigenvalue weighted by Gasteiger charge is -2.02. The van der Waals surface area contributed by atoms with Gasteiger partial charge in [0.05, 0.1) is 5.69 Å². The van der Waals surface area contributed by atoms with Crippen LogP contribution in [0.4, 0.5) is 5.13 Å². The van der Waals surface area contributed by atoms with Crippen molar-refractivity contribution in [3.8, 4) is 0 Å². The van der Waals surface area contributed by atoms with Gasteiger partial charge in [-0.3, -0.25) is 0 Å². The van der Waals surface area contributed by atoms with Crippen LogP contribution in [-0.2, 0) is 6.42 Å². The smallest absolute Gasteiger partial charge is 0.182 e. The van der Waals surface area contributed by atoms with Crippen molar-refractivity contribution in [2.75, 3.05) is 12.4 Å². The van der Waals surface area contributed by atoms with Crippen LogP contribution in [0, 0.1) is 12.8 Å². The van der Waals surface area contributed by atoms with Gasteiger partial charge in [0.15, 0.2) is 5.13 Å². The van der Waals surface area contributed by atoms with Gasteiger partial charge in [0.1, 0.15) is 0 Å². The molecule has 1 rings (SSSR count). The highest BCUT2D eigenvalue weighted by molar-refractivity contribution is 7.15. The van der Waals surface area contributed by atoms with Gasteiger partial charge in [-0.1, -0.05) is 20.3 Å². The predicted molar refractivity (Wildman–Crippen MR) is 64.2 cm³/mol. The first-order chi connectivity index (χ1) is 6.63. The van der Waals surface area contributed by atoms with Crippen LogP contribution in [0.1, 0.15) is 37.3 Å². The minimum Gasteiger partial charge on any atom is -0.365 e. The highest BCUT2D eigenvalue weighted by Gasteiger charge is 2.06. The highest BCUT2D eigenvalue weighted by atomic mass is 32.1. The van der Waals surface area contributed by atoms with Crippen molar-refractivity contribution in [2.24, 2.45) is 5.92 Å². The third-order valence-electron chi connectivity index (χ3n) is 2.30. The number of aryl methyl sites for hydroxylation is 2. The molecule has 0 aliphatic rings. The van der Waals surface area contributed by atoms with E-state index >= 15 is 0 Å². The molecule has 1 N–H and O–H groups in total. The maximum absolute atomic E-state index is 4.53. The van der Waals surface area contributed by atoms with Gasteiger partial charge in [0.2, 0.25) is 0 Å². The standard InChI is InChI=1S/C11H20N2S/c1-8(2)6-5-7-10-9(3)14-11(12-4)13-10/h8H,5-7H2,1-4H3,(H,12,13). The fourth-order valence-electron chi connectivity index (χ4n) is 1.44. The van der Waals surface area contributed by atoms with Crippen molar-refractivity contribution < 1.29 is 0 Å². The maximum atomic E-state index is 4.53. The Morgan fingerprint density at radius 1 is 1.43 bits per heavy atom. The summed E-state index contributed by atoms with van der Waals surface area (Å²) in [4.78, 5) is 5.89.